The largest absolute Gasteiger partial charge is 0.461 e. The second-order valence-electron chi connectivity index (χ2n) is 5.25. The van der Waals surface area contributed by atoms with E-state index >= 15 is 0 Å². The standard InChI is InChI=1S/C14H20N2O3S/c1-4-19-14(18)12-15-11(8-20-12)13(17)16-7-9(2)5-6-10(16)3/h8-10H,4-7H2,1-3H3. The summed E-state index contributed by atoms with van der Waals surface area (Å²) in [6, 6.07) is 0.228. The van der Waals surface area contributed by atoms with Crippen LogP contribution in [0.5, 0.6) is 0 Å². The van der Waals surface area contributed by atoms with Crippen LogP contribution in [0.25, 0.3) is 0 Å². The van der Waals surface area contributed by atoms with Crippen molar-refractivity contribution in [3.05, 3.63) is 16.1 Å². The number of ether oxygens (including phenoxy) is 1. The number of hydrogen-bond donors (Lipinski definition) is 0. The van der Waals surface area contributed by atoms with E-state index in [1.54, 1.807) is 12.3 Å². The van der Waals surface area contributed by atoms with Crippen LogP contribution in [0.4, 0.5) is 0 Å². The van der Waals surface area contributed by atoms with Gasteiger partial charge in [0.15, 0.2) is 0 Å². The highest BCUT2D eigenvalue weighted by Gasteiger charge is 2.29. The molecule has 0 saturated carbocycles. The molecule has 2 heterocycles. The zero-order valence-corrected chi connectivity index (χ0v) is 12.9. The predicted octanol–water partition coefficient (Wildman–Crippen LogP) is 2.58. The number of esters is 1. The first-order chi connectivity index (χ1) is 9.52. The van der Waals surface area contributed by atoms with Gasteiger partial charge in [0, 0.05) is 18.0 Å². The number of hydrogen-bond acceptors (Lipinski definition) is 5. The molecule has 1 fully saturated rings. The Kier molecular flexibility index (Phi) is 4.75. The monoisotopic (exact) mass is 296 g/mol. The summed E-state index contributed by atoms with van der Waals surface area (Å²) in [4.78, 5) is 30.0. The highest BCUT2D eigenvalue weighted by atomic mass is 32.1. The maximum absolute atomic E-state index is 12.5. The summed E-state index contributed by atoms with van der Waals surface area (Å²) in [5.41, 5.74) is 0.346. The molecule has 0 bridgehead atoms. The summed E-state index contributed by atoms with van der Waals surface area (Å²) in [5.74, 6) is -0.0363. The van der Waals surface area contributed by atoms with Gasteiger partial charge < -0.3 is 9.64 Å². The summed E-state index contributed by atoms with van der Waals surface area (Å²) in [6.07, 6.45) is 2.16. The third-order valence-corrected chi connectivity index (χ3v) is 4.37. The number of carbonyl (C=O) groups excluding carboxylic acids is 2. The molecule has 0 aliphatic carbocycles. The lowest BCUT2D eigenvalue weighted by Crippen LogP contribution is -2.45. The normalized spacial score (nSPS) is 22.6. The molecule has 2 atom stereocenters. The van der Waals surface area contributed by atoms with Crippen LogP contribution in [-0.4, -0.2) is 41.0 Å². The molecule has 1 aliphatic heterocycles. The maximum Gasteiger partial charge on any atom is 0.367 e. The maximum atomic E-state index is 12.5. The fraction of sp³-hybridized carbons (Fsp3) is 0.643. The summed E-state index contributed by atoms with van der Waals surface area (Å²) < 4.78 is 4.89. The van der Waals surface area contributed by atoms with E-state index in [0.29, 0.717) is 18.2 Å². The van der Waals surface area contributed by atoms with E-state index in [-0.39, 0.29) is 17.0 Å². The summed E-state index contributed by atoms with van der Waals surface area (Å²) in [5, 5.41) is 1.88. The van der Waals surface area contributed by atoms with Crippen molar-refractivity contribution in [2.45, 2.75) is 39.7 Å². The smallest absolute Gasteiger partial charge is 0.367 e. The van der Waals surface area contributed by atoms with Gasteiger partial charge in [0.05, 0.1) is 6.61 Å². The first-order valence-corrected chi connectivity index (χ1v) is 7.84. The lowest BCUT2D eigenvalue weighted by molar-refractivity contribution is 0.0525. The minimum absolute atomic E-state index is 0.0872. The minimum atomic E-state index is -0.461. The first kappa shape index (κ1) is 15.0. The summed E-state index contributed by atoms with van der Waals surface area (Å²) in [6.45, 7) is 7.02. The second-order valence-corrected chi connectivity index (χ2v) is 6.11. The van der Waals surface area contributed by atoms with Crippen molar-refractivity contribution in [3.63, 3.8) is 0 Å². The number of nitrogens with zero attached hydrogens (tertiary/aromatic N) is 2. The highest BCUT2D eigenvalue weighted by Crippen LogP contribution is 2.23. The SMILES string of the molecule is CCOC(=O)c1nc(C(=O)N2CC(C)CCC2C)cs1. The van der Waals surface area contributed by atoms with Gasteiger partial charge in [-0.3, -0.25) is 4.79 Å². The van der Waals surface area contributed by atoms with E-state index in [9.17, 15) is 9.59 Å². The van der Waals surface area contributed by atoms with Crippen LogP contribution in [0.2, 0.25) is 0 Å². The number of rotatable bonds is 3. The van der Waals surface area contributed by atoms with Crippen LogP contribution in [0, 0.1) is 5.92 Å². The molecule has 1 aliphatic rings. The second kappa shape index (κ2) is 6.35. The Morgan fingerprint density at radius 2 is 2.20 bits per heavy atom. The zero-order chi connectivity index (χ0) is 14.7. The van der Waals surface area contributed by atoms with Gasteiger partial charge in [-0.1, -0.05) is 6.92 Å². The Balaban J connectivity index is 2.11. The molecule has 20 heavy (non-hydrogen) atoms. The average molecular weight is 296 g/mol. The summed E-state index contributed by atoms with van der Waals surface area (Å²) >= 11 is 1.16. The van der Waals surface area contributed by atoms with Crippen molar-refractivity contribution in [1.29, 1.82) is 0 Å². The molecular weight excluding hydrogens is 276 g/mol. The molecule has 1 aromatic heterocycles. The van der Waals surface area contributed by atoms with Crippen molar-refractivity contribution in [2.75, 3.05) is 13.2 Å². The summed E-state index contributed by atoms with van der Waals surface area (Å²) in [7, 11) is 0. The van der Waals surface area contributed by atoms with Crippen molar-refractivity contribution < 1.29 is 14.3 Å². The van der Waals surface area contributed by atoms with Crippen molar-refractivity contribution in [1.82, 2.24) is 9.88 Å². The molecule has 1 amide bonds. The Hall–Kier alpha value is -1.43. The number of piperidine rings is 1. The Morgan fingerprint density at radius 3 is 2.90 bits per heavy atom. The highest BCUT2D eigenvalue weighted by molar-refractivity contribution is 7.11. The number of carbonyl (C=O) groups is 2. The average Bonchev–Trinajstić information content (AvgIpc) is 2.91. The molecule has 1 aromatic rings. The Labute approximate surface area is 122 Å². The molecule has 0 aromatic carbocycles. The quantitative estimate of drug-likeness (QED) is 0.804. The van der Waals surface area contributed by atoms with Crippen LogP contribution in [-0.2, 0) is 4.74 Å². The number of thiazole rings is 1. The minimum Gasteiger partial charge on any atom is -0.461 e. The molecule has 2 unspecified atom stereocenters. The van der Waals surface area contributed by atoms with E-state index < -0.39 is 5.97 Å². The third-order valence-electron chi connectivity index (χ3n) is 3.55. The van der Waals surface area contributed by atoms with Gasteiger partial charge in [-0.2, -0.15) is 0 Å². The topological polar surface area (TPSA) is 59.5 Å². The van der Waals surface area contributed by atoms with Gasteiger partial charge in [-0.15, -0.1) is 11.3 Å². The van der Waals surface area contributed by atoms with Crippen LogP contribution in [0.15, 0.2) is 5.38 Å². The van der Waals surface area contributed by atoms with Crippen molar-refractivity contribution in [3.8, 4) is 0 Å². The molecule has 1 saturated heterocycles. The van der Waals surface area contributed by atoms with E-state index in [2.05, 4.69) is 18.8 Å². The fourth-order valence-electron chi connectivity index (χ4n) is 2.38. The molecule has 0 radical (unpaired) electrons. The van der Waals surface area contributed by atoms with Gasteiger partial charge in [-0.25, -0.2) is 9.78 Å². The van der Waals surface area contributed by atoms with Gasteiger partial charge >= 0.3 is 5.97 Å². The molecule has 110 valence electrons. The van der Waals surface area contributed by atoms with Crippen LogP contribution in [0.1, 0.15) is 53.9 Å². The van der Waals surface area contributed by atoms with E-state index in [4.69, 9.17) is 4.74 Å². The molecule has 0 spiro atoms. The Morgan fingerprint density at radius 1 is 1.45 bits per heavy atom. The zero-order valence-electron chi connectivity index (χ0n) is 12.1. The van der Waals surface area contributed by atoms with Crippen LogP contribution < -0.4 is 0 Å². The molecular formula is C14H20N2O3S. The molecule has 5 nitrogen and oxygen atoms in total. The van der Waals surface area contributed by atoms with Crippen molar-refractivity contribution >= 4 is 23.2 Å². The molecule has 6 heteroatoms. The molecule has 0 N–H and O–H groups in total. The predicted molar refractivity (Wildman–Crippen MR) is 77.0 cm³/mol. The van der Waals surface area contributed by atoms with Crippen molar-refractivity contribution in [2.24, 2.45) is 5.92 Å². The lowest BCUT2D eigenvalue weighted by atomic mass is 9.95. The van der Waals surface area contributed by atoms with Gasteiger partial charge in [0.25, 0.3) is 5.91 Å². The Bertz CT molecular complexity index is 500. The number of aromatic nitrogens is 1. The van der Waals surface area contributed by atoms with Crippen LogP contribution in [0.3, 0.4) is 0 Å². The fourth-order valence-corrected chi connectivity index (χ4v) is 3.06. The van der Waals surface area contributed by atoms with E-state index in [0.717, 1.165) is 30.7 Å². The van der Waals surface area contributed by atoms with Gasteiger partial charge in [0.1, 0.15) is 5.69 Å². The number of likely N-dealkylation sites (tertiary alicyclic amines) is 1. The van der Waals surface area contributed by atoms with Crippen LogP contribution >= 0.6 is 11.3 Å². The molecule has 2 rings (SSSR count). The lowest BCUT2D eigenvalue weighted by Gasteiger charge is -2.36. The van der Waals surface area contributed by atoms with E-state index in [1.165, 1.54) is 0 Å². The number of amides is 1. The van der Waals surface area contributed by atoms with Gasteiger partial charge in [0.2, 0.25) is 5.01 Å². The van der Waals surface area contributed by atoms with E-state index in [1.807, 2.05) is 4.90 Å². The third kappa shape index (κ3) is 3.17. The van der Waals surface area contributed by atoms with Gasteiger partial charge in [-0.05, 0) is 32.6 Å². The first-order valence-electron chi connectivity index (χ1n) is 6.96.